The number of alkyl halides is 2. The van der Waals surface area contributed by atoms with E-state index in [0.717, 1.165) is 0 Å². The largest absolute Gasteiger partial charge is 0.511 e. The average molecular weight is 180 g/mol. The molecule has 0 saturated carbocycles. The SMILES string of the molecule is C=C(O)[C@](N)(CCCN)C(F)F. The lowest BCUT2D eigenvalue weighted by molar-refractivity contribution is 0.0450. The fourth-order valence-corrected chi connectivity index (χ4v) is 0.774. The Kier molecular flexibility index (Phi) is 4.12. The molecule has 5 heteroatoms. The summed E-state index contributed by atoms with van der Waals surface area (Å²) in [6.07, 6.45) is -2.54. The molecule has 0 aromatic heterocycles. The lowest BCUT2D eigenvalue weighted by atomic mass is 9.93. The minimum Gasteiger partial charge on any atom is -0.511 e. The van der Waals surface area contributed by atoms with E-state index >= 15 is 0 Å². The molecule has 3 nitrogen and oxygen atoms in total. The topological polar surface area (TPSA) is 72.3 Å². The molecule has 0 aromatic carbocycles. The van der Waals surface area contributed by atoms with Crippen LogP contribution in [0.5, 0.6) is 0 Å². The second-order valence-electron chi connectivity index (χ2n) is 2.68. The van der Waals surface area contributed by atoms with E-state index in [-0.39, 0.29) is 13.0 Å². The molecule has 0 amide bonds. The van der Waals surface area contributed by atoms with Crippen LogP contribution >= 0.6 is 0 Å². The van der Waals surface area contributed by atoms with Gasteiger partial charge < -0.3 is 16.6 Å². The van der Waals surface area contributed by atoms with Crippen LogP contribution in [0.15, 0.2) is 12.3 Å². The molecule has 0 aliphatic heterocycles. The Morgan fingerprint density at radius 2 is 2.08 bits per heavy atom. The average Bonchev–Trinajstić information content (AvgIpc) is 1.99. The second-order valence-corrected chi connectivity index (χ2v) is 2.68. The molecule has 0 radical (unpaired) electrons. The first kappa shape index (κ1) is 11.3. The molecule has 0 aliphatic rings. The molecule has 0 rings (SSSR count). The summed E-state index contributed by atoms with van der Waals surface area (Å²) in [6.45, 7) is 3.27. The third-order valence-electron chi connectivity index (χ3n) is 1.72. The van der Waals surface area contributed by atoms with Crippen LogP contribution in [-0.4, -0.2) is 23.6 Å². The van der Waals surface area contributed by atoms with Crippen LogP contribution in [0.1, 0.15) is 12.8 Å². The van der Waals surface area contributed by atoms with Crippen molar-refractivity contribution in [3.63, 3.8) is 0 Å². The van der Waals surface area contributed by atoms with E-state index in [9.17, 15) is 8.78 Å². The van der Waals surface area contributed by atoms with Crippen LogP contribution in [0.2, 0.25) is 0 Å². The predicted molar refractivity (Wildman–Crippen MR) is 43.0 cm³/mol. The maximum absolute atomic E-state index is 12.3. The molecule has 0 bridgehead atoms. The highest BCUT2D eigenvalue weighted by molar-refractivity contribution is 5.09. The highest BCUT2D eigenvalue weighted by Crippen LogP contribution is 2.24. The Hall–Kier alpha value is -0.680. The van der Waals surface area contributed by atoms with Crippen molar-refractivity contribution in [3.8, 4) is 0 Å². The molecule has 0 unspecified atom stereocenters. The number of rotatable bonds is 5. The van der Waals surface area contributed by atoms with Crippen molar-refractivity contribution in [3.05, 3.63) is 12.3 Å². The zero-order valence-corrected chi connectivity index (χ0v) is 6.76. The minimum absolute atomic E-state index is 0.0590. The standard InChI is InChI=1S/C7H14F2N2O/c1-5(12)7(11,6(8)9)3-2-4-10/h6,12H,1-4,10-11H2/t7-/m1/s1. The third kappa shape index (κ3) is 2.42. The summed E-state index contributed by atoms with van der Waals surface area (Å²) in [5.74, 6) is -0.689. The summed E-state index contributed by atoms with van der Waals surface area (Å²) in [4.78, 5) is 0. The van der Waals surface area contributed by atoms with Crippen LogP contribution in [0.25, 0.3) is 0 Å². The number of aliphatic hydroxyl groups excluding tert-OH is 1. The number of hydrogen-bond acceptors (Lipinski definition) is 3. The molecular formula is C7H14F2N2O. The first-order valence-corrected chi connectivity index (χ1v) is 3.60. The van der Waals surface area contributed by atoms with E-state index in [1.165, 1.54) is 0 Å². The third-order valence-corrected chi connectivity index (χ3v) is 1.72. The molecule has 72 valence electrons. The van der Waals surface area contributed by atoms with E-state index in [2.05, 4.69) is 6.58 Å². The number of halogens is 2. The van der Waals surface area contributed by atoms with Gasteiger partial charge in [0.05, 0.1) is 0 Å². The van der Waals surface area contributed by atoms with E-state index in [1.54, 1.807) is 0 Å². The zero-order valence-electron chi connectivity index (χ0n) is 6.76. The van der Waals surface area contributed by atoms with E-state index < -0.39 is 17.7 Å². The lowest BCUT2D eigenvalue weighted by Crippen LogP contribution is -2.48. The second kappa shape index (κ2) is 4.37. The summed E-state index contributed by atoms with van der Waals surface area (Å²) in [5.41, 5.74) is 8.34. The first-order chi connectivity index (χ1) is 5.45. The van der Waals surface area contributed by atoms with Crippen molar-refractivity contribution in [2.75, 3.05) is 6.54 Å². The summed E-state index contributed by atoms with van der Waals surface area (Å²) in [6, 6.07) is 0. The van der Waals surface area contributed by atoms with Crippen molar-refractivity contribution < 1.29 is 13.9 Å². The fraction of sp³-hybridized carbons (Fsp3) is 0.714. The maximum Gasteiger partial charge on any atom is 0.263 e. The number of nitrogens with two attached hydrogens (primary N) is 2. The first-order valence-electron chi connectivity index (χ1n) is 3.60. The molecule has 0 fully saturated rings. The Balaban J connectivity index is 4.29. The van der Waals surface area contributed by atoms with Gasteiger partial charge in [0.1, 0.15) is 11.3 Å². The number of aliphatic hydroxyl groups is 1. The van der Waals surface area contributed by atoms with Crippen LogP contribution in [0.4, 0.5) is 8.78 Å². The Morgan fingerprint density at radius 3 is 2.33 bits per heavy atom. The van der Waals surface area contributed by atoms with Crippen LogP contribution < -0.4 is 11.5 Å². The van der Waals surface area contributed by atoms with Gasteiger partial charge in [-0.1, -0.05) is 6.58 Å². The van der Waals surface area contributed by atoms with Gasteiger partial charge in [-0.2, -0.15) is 0 Å². The predicted octanol–water partition coefficient (Wildman–Crippen LogP) is 0.760. The van der Waals surface area contributed by atoms with E-state index in [1.807, 2.05) is 0 Å². The molecule has 0 aliphatic carbocycles. The Morgan fingerprint density at radius 1 is 1.58 bits per heavy atom. The van der Waals surface area contributed by atoms with Gasteiger partial charge in [-0.15, -0.1) is 0 Å². The van der Waals surface area contributed by atoms with Gasteiger partial charge in [0, 0.05) is 0 Å². The maximum atomic E-state index is 12.3. The molecule has 12 heavy (non-hydrogen) atoms. The quantitative estimate of drug-likeness (QED) is 0.547. The highest BCUT2D eigenvalue weighted by Gasteiger charge is 2.38. The molecule has 5 N–H and O–H groups in total. The van der Waals surface area contributed by atoms with Gasteiger partial charge >= 0.3 is 0 Å². The number of hydrogen-bond donors (Lipinski definition) is 3. The summed E-state index contributed by atoms with van der Waals surface area (Å²) >= 11 is 0. The highest BCUT2D eigenvalue weighted by atomic mass is 19.3. The van der Waals surface area contributed by atoms with Gasteiger partial charge in [-0.25, -0.2) is 8.78 Å². The summed E-state index contributed by atoms with van der Waals surface area (Å²) < 4.78 is 24.5. The Bertz CT molecular complexity index is 163. The molecule has 0 saturated heterocycles. The molecule has 0 spiro atoms. The van der Waals surface area contributed by atoms with Gasteiger partial charge in [-0.3, -0.25) is 0 Å². The van der Waals surface area contributed by atoms with Crippen molar-refractivity contribution in [1.82, 2.24) is 0 Å². The van der Waals surface area contributed by atoms with Crippen LogP contribution in [0, 0.1) is 0 Å². The molecule has 0 aromatic rings. The van der Waals surface area contributed by atoms with Gasteiger partial charge in [0.2, 0.25) is 0 Å². The Labute approximate surface area is 70.0 Å². The fourth-order valence-electron chi connectivity index (χ4n) is 0.774. The minimum atomic E-state index is -2.82. The van der Waals surface area contributed by atoms with Crippen molar-refractivity contribution in [2.24, 2.45) is 11.5 Å². The van der Waals surface area contributed by atoms with Gasteiger partial charge in [0.25, 0.3) is 6.43 Å². The lowest BCUT2D eigenvalue weighted by Gasteiger charge is -2.26. The van der Waals surface area contributed by atoms with Crippen LogP contribution in [0.3, 0.4) is 0 Å². The summed E-state index contributed by atoms with van der Waals surface area (Å²) in [5, 5.41) is 8.83. The molecule has 0 heterocycles. The van der Waals surface area contributed by atoms with E-state index in [4.69, 9.17) is 16.6 Å². The monoisotopic (exact) mass is 180 g/mol. The smallest absolute Gasteiger partial charge is 0.263 e. The summed E-state index contributed by atoms with van der Waals surface area (Å²) in [7, 11) is 0. The molecular weight excluding hydrogens is 166 g/mol. The van der Waals surface area contributed by atoms with Crippen molar-refractivity contribution >= 4 is 0 Å². The van der Waals surface area contributed by atoms with Gasteiger partial charge in [0.15, 0.2) is 0 Å². The van der Waals surface area contributed by atoms with Crippen LogP contribution in [-0.2, 0) is 0 Å². The molecule has 1 atom stereocenters. The van der Waals surface area contributed by atoms with E-state index in [0.29, 0.717) is 6.42 Å². The van der Waals surface area contributed by atoms with Gasteiger partial charge in [-0.05, 0) is 19.4 Å². The van der Waals surface area contributed by atoms with Crippen molar-refractivity contribution in [2.45, 2.75) is 24.8 Å². The zero-order chi connectivity index (χ0) is 9.78. The normalized spacial score (nSPS) is 16.1. The van der Waals surface area contributed by atoms with Crippen molar-refractivity contribution in [1.29, 1.82) is 0 Å².